The van der Waals surface area contributed by atoms with Gasteiger partial charge in [-0.1, -0.05) is 70.9 Å². The molecule has 3 aromatic rings. The number of benzene rings is 2. The number of hydrogen-bond acceptors (Lipinski definition) is 1. The zero-order chi connectivity index (χ0) is 19.3. The van der Waals surface area contributed by atoms with Crippen molar-refractivity contribution in [2.45, 2.75) is 66.2 Å². The van der Waals surface area contributed by atoms with E-state index in [1.54, 1.807) is 0 Å². The van der Waals surface area contributed by atoms with E-state index < -0.39 is 0 Å². The van der Waals surface area contributed by atoms with Crippen LogP contribution >= 0.6 is 0 Å². The molecule has 0 fully saturated rings. The molecule has 26 heavy (non-hydrogen) atoms. The third-order valence-electron chi connectivity index (χ3n) is 5.00. The summed E-state index contributed by atoms with van der Waals surface area (Å²) in [6, 6.07) is 15.7. The molecule has 0 amide bonds. The third-order valence-corrected chi connectivity index (χ3v) is 5.00. The van der Waals surface area contributed by atoms with Crippen molar-refractivity contribution >= 4 is 10.9 Å². The Morgan fingerprint density at radius 3 is 1.85 bits per heavy atom. The highest BCUT2D eigenvalue weighted by molar-refractivity contribution is 5.86. The van der Waals surface area contributed by atoms with Crippen LogP contribution in [0.25, 0.3) is 22.2 Å². The molecule has 0 aliphatic rings. The summed E-state index contributed by atoms with van der Waals surface area (Å²) in [7, 11) is 0. The standard InChI is InChI=1S/C25H31N/c1-16-11-17(2)13-18(12-16)22-10-9-20-21(25(6,7)8)14-19(24(3,4)5)15-23(20)26-22/h9-15H,1-8H3. The van der Waals surface area contributed by atoms with E-state index in [0.717, 1.165) is 11.2 Å². The number of aryl methyl sites for hydroxylation is 2. The van der Waals surface area contributed by atoms with E-state index >= 15 is 0 Å². The summed E-state index contributed by atoms with van der Waals surface area (Å²) in [6.07, 6.45) is 0. The molecule has 1 heteroatoms. The topological polar surface area (TPSA) is 12.9 Å². The summed E-state index contributed by atoms with van der Waals surface area (Å²) in [5, 5.41) is 1.26. The maximum Gasteiger partial charge on any atom is 0.0715 e. The Bertz CT molecular complexity index is 946. The second-order valence-electron chi connectivity index (χ2n) is 9.66. The Kier molecular flexibility index (Phi) is 4.46. The van der Waals surface area contributed by atoms with Crippen LogP contribution in [0, 0.1) is 13.8 Å². The van der Waals surface area contributed by atoms with Crippen molar-refractivity contribution in [3.8, 4) is 11.3 Å². The van der Waals surface area contributed by atoms with Crippen LogP contribution in [-0.2, 0) is 10.8 Å². The first-order chi connectivity index (χ1) is 11.9. The fourth-order valence-electron chi connectivity index (χ4n) is 3.57. The minimum Gasteiger partial charge on any atom is -0.248 e. The van der Waals surface area contributed by atoms with Crippen molar-refractivity contribution in [2.24, 2.45) is 0 Å². The first-order valence-corrected chi connectivity index (χ1v) is 9.49. The van der Waals surface area contributed by atoms with Crippen LogP contribution in [-0.4, -0.2) is 4.98 Å². The van der Waals surface area contributed by atoms with Crippen molar-refractivity contribution in [3.63, 3.8) is 0 Å². The molecule has 0 atom stereocenters. The number of hydrogen-bond donors (Lipinski definition) is 0. The zero-order valence-electron chi connectivity index (χ0n) is 17.5. The summed E-state index contributed by atoms with van der Waals surface area (Å²) < 4.78 is 0. The van der Waals surface area contributed by atoms with Gasteiger partial charge in [0.1, 0.15) is 0 Å². The second-order valence-corrected chi connectivity index (χ2v) is 9.66. The number of aromatic nitrogens is 1. The first-order valence-electron chi connectivity index (χ1n) is 9.49. The van der Waals surface area contributed by atoms with Gasteiger partial charge in [0.2, 0.25) is 0 Å². The lowest BCUT2D eigenvalue weighted by atomic mass is 9.79. The predicted octanol–water partition coefficient (Wildman–Crippen LogP) is 7.11. The van der Waals surface area contributed by atoms with Crippen molar-refractivity contribution in [1.82, 2.24) is 4.98 Å². The van der Waals surface area contributed by atoms with Gasteiger partial charge in [-0.15, -0.1) is 0 Å². The zero-order valence-corrected chi connectivity index (χ0v) is 17.5. The van der Waals surface area contributed by atoms with Gasteiger partial charge in [0, 0.05) is 10.9 Å². The SMILES string of the molecule is Cc1cc(C)cc(-c2ccc3c(C(C)(C)C)cc(C(C)(C)C)cc3n2)c1. The molecule has 1 heterocycles. The minimum absolute atomic E-state index is 0.0859. The van der Waals surface area contributed by atoms with Crippen LogP contribution in [0.3, 0.4) is 0 Å². The molecule has 0 bridgehead atoms. The van der Waals surface area contributed by atoms with Gasteiger partial charge in [-0.2, -0.15) is 0 Å². The van der Waals surface area contributed by atoms with Gasteiger partial charge in [-0.25, -0.2) is 4.98 Å². The maximum atomic E-state index is 5.08. The molecule has 136 valence electrons. The molecule has 0 saturated carbocycles. The Labute approximate surface area is 158 Å². The molecule has 3 rings (SSSR count). The van der Waals surface area contributed by atoms with Crippen molar-refractivity contribution < 1.29 is 0 Å². The first kappa shape index (κ1) is 18.6. The lowest BCUT2D eigenvalue weighted by Crippen LogP contribution is -2.17. The third kappa shape index (κ3) is 3.67. The number of nitrogens with zero attached hydrogens (tertiary/aromatic N) is 1. The van der Waals surface area contributed by atoms with Crippen molar-refractivity contribution in [1.29, 1.82) is 0 Å². The highest BCUT2D eigenvalue weighted by atomic mass is 14.7. The van der Waals surface area contributed by atoms with E-state index in [1.165, 1.54) is 33.2 Å². The highest BCUT2D eigenvalue weighted by Crippen LogP contribution is 2.35. The molecule has 2 aromatic carbocycles. The van der Waals surface area contributed by atoms with E-state index in [9.17, 15) is 0 Å². The van der Waals surface area contributed by atoms with Crippen LogP contribution in [0.5, 0.6) is 0 Å². The van der Waals surface area contributed by atoms with Crippen LogP contribution in [0.15, 0.2) is 42.5 Å². The van der Waals surface area contributed by atoms with Crippen LogP contribution in [0.2, 0.25) is 0 Å². The van der Waals surface area contributed by atoms with Crippen molar-refractivity contribution in [2.75, 3.05) is 0 Å². The van der Waals surface area contributed by atoms with E-state index in [0.29, 0.717) is 0 Å². The van der Waals surface area contributed by atoms with Gasteiger partial charge in [0.15, 0.2) is 0 Å². The molecule has 1 nitrogen and oxygen atoms in total. The smallest absolute Gasteiger partial charge is 0.0715 e. The van der Waals surface area contributed by atoms with E-state index in [4.69, 9.17) is 4.98 Å². The number of fused-ring (bicyclic) bond motifs is 1. The van der Waals surface area contributed by atoms with Crippen LogP contribution in [0.4, 0.5) is 0 Å². The molecular weight excluding hydrogens is 314 g/mol. The summed E-state index contributed by atoms with van der Waals surface area (Å²) in [5.74, 6) is 0. The Morgan fingerprint density at radius 1 is 0.692 bits per heavy atom. The molecule has 0 saturated heterocycles. The molecule has 0 radical (unpaired) electrons. The largest absolute Gasteiger partial charge is 0.248 e. The highest BCUT2D eigenvalue weighted by Gasteiger charge is 2.22. The molecule has 1 aromatic heterocycles. The second kappa shape index (κ2) is 6.23. The molecule has 0 aliphatic heterocycles. The van der Waals surface area contributed by atoms with Gasteiger partial charge in [-0.05, 0) is 60.1 Å². The molecule has 0 N–H and O–H groups in total. The maximum absolute atomic E-state index is 5.08. The minimum atomic E-state index is 0.0859. The number of pyridine rings is 1. The molecular formula is C25H31N. The molecule has 0 unspecified atom stereocenters. The lowest BCUT2D eigenvalue weighted by Gasteiger charge is -2.26. The van der Waals surface area contributed by atoms with E-state index in [2.05, 4.69) is 97.9 Å². The summed E-state index contributed by atoms with van der Waals surface area (Å²) in [5.41, 5.74) is 8.81. The number of rotatable bonds is 1. The van der Waals surface area contributed by atoms with Crippen LogP contribution in [0.1, 0.15) is 63.8 Å². The van der Waals surface area contributed by atoms with E-state index in [-0.39, 0.29) is 10.8 Å². The molecule has 0 aliphatic carbocycles. The monoisotopic (exact) mass is 345 g/mol. The van der Waals surface area contributed by atoms with Crippen LogP contribution < -0.4 is 0 Å². The predicted molar refractivity (Wildman–Crippen MR) is 114 cm³/mol. The van der Waals surface area contributed by atoms with Gasteiger partial charge in [0.05, 0.1) is 11.2 Å². The fraction of sp³-hybridized carbons (Fsp3) is 0.400. The van der Waals surface area contributed by atoms with Crippen molar-refractivity contribution in [3.05, 3.63) is 64.7 Å². The average Bonchev–Trinajstić information content (AvgIpc) is 2.50. The lowest BCUT2D eigenvalue weighted by molar-refractivity contribution is 0.572. The van der Waals surface area contributed by atoms with Gasteiger partial charge >= 0.3 is 0 Å². The van der Waals surface area contributed by atoms with Gasteiger partial charge in [0.25, 0.3) is 0 Å². The van der Waals surface area contributed by atoms with E-state index in [1.807, 2.05) is 0 Å². The normalized spacial score (nSPS) is 12.6. The summed E-state index contributed by atoms with van der Waals surface area (Å²) in [6.45, 7) is 18.0. The fourth-order valence-corrected chi connectivity index (χ4v) is 3.57. The summed E-state index contributed by atoms with van der Waals surface area (Å²) >= 11 is 0. The Hall–Kier alpha value is -2.15. The van der Waals surface area contributed by atoms with Gasteiger partial charge in [-0.3, -0.25) is 0 Å². The Balaban J connectivity index is 2.29. The Morgan fingerprint density at radius 2 is 1.31 bits per heavy atom. The average molecular weight is 346 g/mol. The quantitative estimate of drug-likeness (QED) is 0.458. The summed E-state index contributed by atoms with van der Waals surface area (Å²) in [4.78, 5) is 5.08. The molecule has 0 spiro atoms. The van der Waals surface area contributed by atoms with Gasteiger partial charge < -0.3 is 0 Å².